The number of rotatable bonds is 5. The highest BCUT2D eigenvalue weighted by Gasteiger charge is 2.33. The molecule has 0 spiro atoms. The molecular formula is C22H24N2O3S. The third-order valence-electron chi connectivity index (χ3n) is 4.20. The van der Waals surface area contributed by atoms with Crippen LogP contribution in [0.1, 0.15) is 25.0 Å². The van der Waals surface area contributed by atoms with E-state index in [2.05, 4.69) is 13.8 Å². The summed E-state index contributed by atoms with van der Waals surface area (Å²) < 4.78 is 5.16. The smallest absolute Gasteiger partial charge is 0.266 e. The third kappa shape index (κ3) is 4.57. The van der Waals surface area contributed by atoms with Gasteiger partial charge in [-0.2, -0.15) is 0 Å². The number of amidine groups is 1. The van der Waals surface area contributed by atoms with Crippen LogP contribution in [0, 0.1) is 12.8 Å². The summed E-state index contributed by atoms with van der Waals surface area (Å²) in [4.78, 5) is 20.0. The maximum atomic E-state index is 13.0. The molecule has 3 rings (SSSR count). The van der Waals surface area contributed by atoms with Crippen LogP contribution in [0.5, 0.6) is 11.5 Å². The van der Waals surface area contributed by atoms with E-state index in [1.54, 1.807) is 29.2 Å². The summed E-state index contributed by atoms with van der Waals surface area (Å²) in [5.74, 6) is 0.702. The summed E-state index contributed by atoms with van der Waals surface area (Å²) >= 11 is 1.36. The Bertz CT molecular complexity index is 933. The van der Waals surface area contributed by atoms with Crippen LogP contribution >= 0.6 is 11.8 Å². The first kappa shape index (κ1) is 20.0. The lowest BCUT2D eigenvalue weighted by Gasteiger charge is -2.17. The SMILES string of the molecule is COc1cc(/C=C2/SC(=Nc3ccc(C)cc3)N(CC(C)C)C2=O)ccc1O. The molecule has 5 nitrogen and oxygen atoms in total. The summed E-state index contributed by atoms with van der Waals surface area (Å²) in [7, 11) is 1.50. The molecular weight excluding hydrogens is 372 g/mol. The summed E-state index contributed by atoms with van der Waals surface area (Å²) in [6.07, 6.45) is 1.81. The van der Waals surface area contributed by atoms with Gasteiger partial charge in [-0.05, 0) is 60.5 Å². The fraction of sp³-hybridized carbons (Fsp3) is 0.273. The second-order valence-electron chi connectivity index (χ2n) is 7.08. The van der Waals surface area contributed by atoms with E-state index in [1.165, 1.54) is 24.4 Å². The van der Waals surface area contributed by atoms with Crippen LogP contribution in [0.15, 0.2) is 52.4 Å². The van der Waals surface area contributed by atoms with Gasteiger partial charge in [0, 0.05) is 6.54 Å². The molecule has 6 heteroatoms. The zero-order valence-corrected chi connectivity index (χ0v) is 17.3. The zero-order chi connectivity index (χ0) is 20.3. The summed E-state index contributed by atoms with van der Waals surface area (Å²) in [6.45, 7) is 6.79. The monoisotopic (exact) mass is 396 g/mol. The lowest BCUT2D eigenvalue weighted by molar-refractivity contribution is -0.122. The van der Waals surface area contributed by atoms with Crippen LogP contribution < -0.4 is 4.74 Å². The fourth-order valence-electron chi connectivity index (χ4n) is 2.78. The van der Waals surface area contributed by atoms with Gasteiger partial charge >= 0.3 is 0 Å². The number of methoxy groups -OCH3 is 1. The van der Waals surface area contributed by atoms with E-state index < -0.39 is 0 Å². The largest absolute Gasteiger partial charge is 0.504 e. The van der Waals surface area contributed by atoms with Crippen LogP contribution in [0.2, 0.25) is 0 Å². The van der Waals surface area contributed by atoms with Crippen molar-refractivity contribution in [1.29, 1.82) is 0 Å². The van der Waals surface area contributed by atoms with E-state index in [0.717, 1.165) is 11.3 Å². The van der Waals surface area contributed by atoms with E-state index in [0.29, 0.717) is 28.3 Å². The predicted octanol–water partition coefficient (Wildman–Crippen LogP) is 4.97. The number of ether oxygens (including phenoxy) is 1. The number of aromatic hydroxyl groups is 1. The van der Waals surface area contributed by atoms with Crippen molar-refractivity contribution < 1.29 is 14.6 Å². The molecule has 1 fully saturated rings. The molecule has 1 amide bonds. The molecule has 2 aromatic carbocycles. The number of thioether (sulfide) groups is 1. The number of hydrogen-bond acceptors (Lipinski definition) is 5. The number of hydrogen-bond donors (Lipinski definition) is 1. The molecule has 1 N–H and O–H groups in total. The third-order valence-corrected chi connectivity index (χ3v) is 5.20. The molecule has 1 aliphatic heterocycles. The normalized spacial score (nSPS) is 17.2. The molecule has 1 heterocycles. The van der Waals surface area contributed by atoms with E-state index in [9.17, 15) is 9.90 Å². The van der Waals surface area contributed by atoms with Crippen molar-refractivity contribution in [2.24, 2.45) is 10.9 Å². The van der Waals surface area contributed by atoms with Gasteiger partial charge in [-0.25, -0.2) is 4.99 Å². The quantitative estimate of drug-likeness (QED) is 0.725. The molecule has 2 aromatic rings. The van der Waals surface area contributed by atoms with Crippen LogP contribution in [0.25, 0.3) is 6.08 Å². The van der Waals surface area contributed by atoms with Gasteiger partial charge in [-0.1, -0.05) is 37.6 Å². The van der Waals surface area contributed by atoms with Gasteiger partial charge in [-0.15, -0.1) is 0 Å². The number of carbonyl (C=O) groups is 1. The van der Waals surface area contributed by atoms with E-state index in [-0.39, 0.29) is 11.7 Å². The van der Waals surface area contributed by atoms with Crippen LogP contribution in [-0.2, 0) is 4.79 Å². The number of amides is 1. The van der Waals surface area contributed by atoms with Crippen molar-refractivity contribution in [2.45, 2.75) is 20.8 Å². The van der Waals surface area contributed by atoms with E-state index in [4.69, 9.17) is 9.73 Å². The minimum atomic E-state index is -0.0587. The summed E-state index contributed by atoms with van der Waals surface area (Å²) in [6, 6.07) is 12.9. The highest BCUT2D eigenvalue weighted by molar-refractivity contribution is 8.18. The van der Waals surface area contributed by atoms with Crippen molar-refractivity contribution in [3.8, 4) is 11.5 Å². The Morgan fingerprint density at radius 3 is 2.57 bits per heavy atom. The lowest BCUT2D eigenvalue weighted by Crippen LogP contribution is -2.32. The van der Waals surface area contributed by atoms with Crippen LogP contribution in [0.4, 0.5) is 5.69 Å². The molecule has 0 saturated carbocycles. The molecule has 146 valence electrons. The number of benzene rings is 2. The fourth-order valence-corrected chi connectivity index (χ4v) is 3.79. The summed E-state index contributed by atoms with van der Waals surface area (Å²) in [5.41, 5.74) is 2.77. The average molecular weight is 397 g/mol. The Morgan fingerprint density at radius 1 is 1.21 bits per heavy atom. The Labute approximate surface area is 169 Å². The molecule has 0 bridgehead atoms. The molecule has 0 aromatic heterocycles. The molecule has 0 unspecified atom stereocenters. The Balaban J connectivity index is 1.95. The maximum absolute atomic E-state index is 13.0. The van der Waals surface area contributed by atoms with Gasteiger partial charge in [0.25, 0.3) is 5.91 Å². The van der Waals surface area contributed by atoms with Gasteiger partial charge < -0.3 is 9.84 Å². The Hall–Kier alpha value is -2.73. The van der Waals surface area contributed by atoms with Gasteiger partial charge in [0.2, 0.25) is 0 Å². The molecule has 0 atom stereocenters. The number of aliphatic imine (C=N–C) groups is 1. The highest BCUT2D eigenvalue weighted by atomic mass is 32.2. The van der Waals surface area contributed by atoms with Crippen LogP contribution in [0.3, 0.4) is 0 Å². The van der Waals surface area contributed by atoms with Gasteiger partial charge in [0.15, 0.2) is 16.7 Å². The van der Waals surface area contributed by atoms with Crippen molar-refractivity contribution in [2.75, 3.05) is 13.7 Å². The zero-order valence-electron chi connectivity index (χ0n) is 16.5. The molecule has 0 radical (unpaired) electrons. The van der Waals surface area contributed by atoms with E-state index in [1.807, 2.05) is 31.2 Å². The molecule has 28 heavy (non-hydrogen) atoms. The Morgan fingerprint density at radius 2 is 1.93 bits per heavy atom. The maximum Gasteiger partial charge on any atom is 0.266 e. The second kappa shape index (κ2) is 8.52. The molecule has 0 aliphatic carbocycles. The number of phenolic OH excluding ortho intramolecular Hbond substituents is 1. The highest BCUT2D eigenvalue weighted by Crippen LogP contribution is 2.36. The number of aryl methyl sites for hydroxylation is 1. The minimum Gasteiger partial charge on any atom is -0.504 e. The standard InChI is InChI=1S/C22H24N2O3S/c1-14(2)13-24-21(26)20(12-16-7-10-18(25)19(11-16)27-4)28-22(24)23-17-8-5-15(3)6-9-17/h5-12,14,25H,13H2,1-4H3/b20-12+,23-22?. The predicted molar refractivity (Wildman–Crippen MR) is 115 cm³/mol. The summed E-state index contributed by atoms with van der Waals surface area (Å²) in [5, 5.41) is 10.4. The number of nitrogens with zero attached hydrogens (tertiary/aromatic N) is 2. The van der Waals surface area contributed by atoms with Crippen molar-refractivity contribution in [3.63, 3.8) is 0 Å². The van der Waals surface area contributed by atoms with Gasteiger partial charge in [0.05, 0.1) is 17.7 Å². The first-order chi connectivity index (χ1) is 13.4. The topological polar surface area (TPSA) is 62.1 Å². The first-order valence-electron chi connectivity index (χ1n) is 9.11. The first-order valence-corrected chi connectivity index (χ1v) is 9.93. The lowest BCUT2D eigenvalue weighted by atomic mass is 10.1. The molecule has 1 saturated heterocycles. The average Bonchev–Trinajstić information content (AvgIpc) is 2.93. The number of carbonyl (C=O) groups excluding carboxylic acids is 1. The van der Waals surface area contributed by atoms with E-state index >= 15 is 0 Å². The van der Waals surface area contributed by atoms with Crippen LogP contribution in [-0.4, -0.2) is 34.7 Å². The van der Waals surface area contributed by atoms with Gasteiger partial charge in [0.1, 0.15) is 0 Å². The number of phenols is 1. The van der Waals surface area contributed by atoms with Crippen molar-refractivity contribution in [1.82, 2.24) is 4.90 Å². The van der Waals surface area contributed by atoms with Gasteiger partial charge in [-0.3, -0.25) is 9.69 Å². The van der Waals surface area contributed by atoms with Crippen molar-refractivity contribution >= 4 is 34.6 Å². The minimum absolute atomic E-state index is 0.0587. The molecule has 1 aliphatic rings. The van der Waals surface area contributed by atoms with Crippen molar-refractivity contribution in [3.05, 3.63) is 58.5 Å². The Kier molecular flexibility index (Phi) is 6.09. The second-order valence-corrected chi connectivity index (χ2v) is 8.09.